The van der Waals surface area contributed by atoms with Gasteiger partial charge in [-0.25, -0.2) is 0 Å². The predicted molar refractivity (Wildman–Crippen MR) is 34.6 cm³/mol. The third kappa shape index (κ3) is 5.80. The quantitative estimate of drug-likeness (QED) is 0.370. The van der Waals surface area contributed by atoms with Crippen molar-refractivity contribution in [2.45, 2.75) is 26.1 Å². The molecule has 0 heterocycles. The van der Waals surface area contributed by atoms with Gasteiger partial charge in [0.2, 0.25) is 0 Å². The summed E-state index contributed by atoms with van der Waals surface area (Å²) in [6.07, 6.45) is 7.16. The zero-order valence-corrected chi connectivity index (χ0v) is 4.85. The van der Waals surface area contributed by atoms with E-state index in [-0.39, 0.29) is 0 Å². The van der Waals surface area contributed by atoms with E-state index in [1.807, 2.05) is 6.08 Å². The lowest BCUT2D eigenvalue weighted by Gasteiger charge is -1.79. The summed E-state index contributed by atoms with van der Waals surface area (Å²) in [5.41, 5.74) is 0. The van der Waals surface area contributed by atoms with Crippen molar-refractivity contribution in [1.82, 2.24) is 0 Å². The molecule has 0 N–H and O–H groups in total. The fourth-order valence-electron chi connectivity index (χ4n) is 0.381. The molecule has 0 saturated heterocycles. The molecule has 38 valence electrons. The van der Waals surface area contributed by atoms with E-state index < -0.39 is 0 Å². The highest BCUT2D eigenvalue weighted by Gasteiger charge is 1.68. The zero-order chi connectivity index (χ0) is 5.54. The summed E-state index contributed by atoms with van der Waals surface area (Å²) in [6, 6.07) is 0. The van der Waals surface area contributed by atoms with Crippen LogP contribution in [-0.4, -0.2) is 7.85 Å². The van der Waals surface area contributed by atoms with Crippen LogP contribution in [0.25, 0.3) is 0 Å². The summed E-state index contributed by atoms with van der Waals surface area (Å²) in [6.45, 7) is 2.15. The summed E-state index contributed by atoms with van der Waals surface area (Å²) in [4.78, 5) is 0. The van der Waals surface area contributed by atoms with Crippen molar-refractivity contribution >= 4 is 7.85 Å². The Hall–Kier alpha value is -0.195. The van der Waals surface area contributed by atoms with Crippen LogP contribution in [0.2, 0.25) is 6.32 Å². The molecule has 0 aromatic carbocycles. The molecule has 0 amide bonds. The van der Waals surface area contributed by atoms with Crippen LogP contribution in [-0.2, 0) is 0 Å². The van der Waals surface area contributed by atoms with Gasteiger partial charge in [0.05, 0.1) is 7.85 Å². The molecule has 7 heavy (non-hydrogen) atoms. The van der Waals surface area contributed by atoms with E-state index in [0.717, 1.165) is 6.42 Å². The molecule has 0 saturated carbocycles. The Morgan fingerprint density at radius 2 is 2.14 bits per heavy atom. The SMILES string of the molecule is [B]CC=CCCC. The fourth-order valence-corrected chi connectivity index (χ4v) is 0.381. The monoisotopic (exact) mass is 94.1 g/mol. The van der Waals surface area contributed by atoms with Crippen LogP contribution < -0.4 is 0 Å². The van der Waals surface area contributed by atoms with Crippen molar-refractivity contribution in [3.8, 4) is 0 Å². The highest BCUT2D eigenvalue weighted by Crippen LogP contribution is 1.88. The minimum absolute atomic E-state index is 0.681. The first kappa shape index (κ1) is 6.80. The van der Waals surface area contributed by atoms with Gasteiger partial charge in [-0.1, -0.05) is 31.8 Å². The minimum Gasteiger partial charge on any atom is -0.0971 e. The average Bonchev–Trinajstić information content (AvgIpc) is 1.69. The van der Waals surface area contributed by atoms with Gasteiger partial charge in [-0.2, -0.15) is 0 Å². The standard InChI is InChI=1S/C6H11B/c1-2-3-4-5-6-7/h4-5H,2-3,6H2,1H3. The van der Waals surface area contributed by atoms with E-state index >= 15 is 0 Å². The van der Waals surface area contributed by atoms with Crippen molar-refractivity contribution in [3.05, 3.63) is 12.2 Å². The van der Waals surface area contributed by atoms with Crippen LogP contribution in [0, 0.1) is 0 Å². The van der Waals surface area contributed by atoms with Gasteiger partial charge in [0.15, 0.2) is 0 Å². The average molecular weight is 94.0 g/mol. The van der Waals surface area contributed by atoms with Crippen molar-refractivity contribution in [3.63, 3.8) is 0 Å². The minimum atomic E-state index is 0.681. The summed E-state index contributed by atoms with van der Waals surface area (Å²) < 4.78 is 0. The Kier molecular flexibility index (Phi) is 5.64. The molecular formula is C6H11B. The third-order valence-corrected chi connectivity index (χ3v) is 0.758. The molecule has 0 fully saturated rings. The molecule has 0 aliphatic carbocycles. The van der Waals surface area contributed by atoms with Crippen molar-refractivity contribution < 1.29 is 0 Å². The van der Waals surface area contributed by atoms with Gasteiger partial charge in [-0.05, 0) is 6.42 Å². The maximum atomic E-state index is 5.18. The molecular weight excluding hydrogens is 82.9 g/mol. The third-order valence-electron chi connectivity index (χ3n) is 0.758. The smallest absolute Gasteiger partial charge is 0.0708 e. The topological polar surface area (TPSA) is 0 Å². The van der Waals surface area contributed by atoms with Gasteiger partial charge >= 0.3 is 0 Å². The van der Waals surface area contributed by atoms with Gasteiger partial charge < -0.3 is 0 Å². The Bertz CT molecular complexity index is 48.1. The Morgan fingerprint density at radius 1 is 1.43 bits per heavy atom. The molecule has 0 bridgehead atoms. The largest absolute Gasteiger partial charge is 0.0971 e. The van der Waals surface area contributed by atoms with Gasteiger partial charge in [0.25, 0.3) is 0 Å². The van der Waals surface area contributed by atoms with Crippen LogP contribution in [0.15, 0.2) is 12.2 Å². The second-order valence-electron chi connectivity index (χ2n) is 1.50. The highest BCUT2D eigenvalue weighted by molar-refractivity contribution is 6.09. The van der Waals surface area contributed by atoms with E-state index in [1.165, 1.54) is 6.42 Å². The Labute approximate surface area is 47.0 Å². The van der Waals surface area contributed by atoms with E-state index in [1.54, 1.807) is 0 Å². The van der Waals surface area contributed by atoms with Crippen LogP contribution >= 0.6 is 0 Å². The van der Waals surface area contributed by atoms with E-state index in [2.05, 4.69) is 13.0 Å². The second kappa shape index (κ2) is 5.80. The fraction of sp³-hybridized carbons (Fsp3) is 0.667. The second-order valence-corrected chi connectivity index (χ2v) is 1.50. The summed E-state index contributed by atoms with van der Waals surface area (Å²) in [7, 11) is 5.18. The maximum absolute atomic E-state index is 5.18. The first-order valence-corrected chi connectivity index (χ1v) is 2.77. The summed E-state index contributed by atoms with van der Waals surface area (Å²) in [5, 5.41) is 0. The molecule has 2 radical (unpaired) electrons. The number of allylic oxidation sites excluding steroid dienone is 2. The number of unbranched alkanes of at least 4 members (excludes halogenated alkanes) is 1. The lowest BCUT2D eigenvalue weighted by molar-refractivity contribution is 0.957. The lowest BCUT2D eigenvalue weighted by atomic mass is 10.0. The van der Waals surface area contributed by atoms with Crippen LogP contribution in [0.1, 0.15) is 19.8 Å². The molecule has 1 heteroatoms. The van der Waals surface area contributed by atoms with Gasteiger partial charge in [-0.15, -0.1) is 0 Å². The van der Waals surface area contributed by atoms with Crippen LogP contribution in [0.5, 0.6) is 0 Å². The molecule has 0 aliphatic heterocycles. The predicted octanol–water partition coefficient (Wildman–Crippen LogP) is 1.93. The molecule has 0 unspecified atom stereocenters. The molecule has 0 rings (SSSR count). The van der Waals surface area contributed by atoms with Crippen molar-refractivity contribution in [2.24, 2.45) is 0 Å². The molecule has 0 aromatic rings. The van der Waals surface area contributed by atoms with E-state index in [0.29, 0.717) is 6.32 Å². The van der Waals surface area contributed by atoms with Crippen molar-refractivity contribution in [2.75, 3.05) is 0 Å². The zero-order valence-electron chi connectivity index (χ0n) is 4.85. The highest BCUT2D eigenvalue weighted by atomic mass is 13.7. The molecule has 0 aromatic heterocycles. The molecule has 0 atom stereocenters. The summed E-state index contributed by atoms with van der Waals surface area (Å²) in [5.74, 6) is 0. The van der Waals surface area contributed by atoms with E-state index in [4.69, 9.17) is 7.85 Å². The molecule has 0 nitrogen and oxygen atoms in total. The van der Waals surface area contributed by atoms with Gasteiger partial charge in [-0.3, -0.25) is 0 Å². The van der Waals surface area contributed by atoms with Crippen LogP contribution in [0.3, 0.4) is 0 Å². The lowest BCUT2D eigenvalue weighted by Crippen LogP contribution is -1.61. The van der Waals surface area contributed by atoms with Gasteiger partial charge in [0, 0.05) is 0 Å². The Morgan fingerprint density at radius 3 is 2.57 bits per heavy atom. The summed E-state index contributed by atoms with van der Waals surface area (Å²) >= 11 is 0. The van der Waals surface area contributed by atoms with Gasteiger partial charge in [0.1, 0.15) is 0 Å². The number of rotatable bonds is 3. The van der Waals surface area contributed by atoms with Crippen LogP contribution in [0.4, 0.5) is 0 Å². The first-order chi connectivity index (χ1) is 3.41. The number of hydrogen-bond donors (Lipinski definition) is 0. The Balaban J connectivity index is 2.78. The van der Waals surface area contributed by atoms with E-state index in [9.17, 15) is 0 Å². The van der Waals surface area contributed by atoms with Crippen molar-refractivity contribution in [1.29, 1.82) is 0 Å². The molecule has 0 spiro atoms. The normalized spacial score (nSPS) is 10.4. The number of hydrogen-bond acceptors (Lipinski definition) is 0. The first-order valence-electron chi connectivity index (χ1n) is 2.77. The molecule has 0 aliphatic rings. The maximum Gasteiger partial charge on any atom is 0.0708 e.